The monoisotopic (exact) mass is 298 g/mol. The zero-order valence-electron chi connectivity index (χ0n) is 12.4. The van der Waals surface area contributed by atoms with Crippen LogP contribution in [-0.2, 0) is 14.3 Å². The zero-order chi connectivity index (χ0) is 15.3. The Morgan fingerprint density at radius 2 is 2.00 bits per heavy atom. The molecule has 0 unspecified atom stereocenters. The number of methoxy groups -OCH3 is 1. The highest BCUT2D eigenvalue weighted by Gasteiger charge is 2.05. The highest BCUT2D eigenvalue weighted by Crippen LogP contribution is 2.11. The van der Waals surface area contributed by atoms with E-state index >= 15 is 0 Å². The van der Waals surface area contributed by atoms with Crippen LogP contribution in [0.1, 0.15) is 12.8 Å². The number of anilines is 1. The van der Waals surface area contributed by atoms with Crippen LogP contribution in [0.4, 0.5) is 10.1 Å². The lowest BCUT2D eigenvalue weighted by molar-refractivity contribution is -0.115. The predicted octanol–water partition coefficient (Wildman–Crippen LogP) is 1.80. The van der Waals surface area contributed by atoms with Gasteiger partial charge in [-0.05, 0) is 31.5 Å². The molecular formula is C15H23FN2O3. The number of carbonyl (C=O) groups is 1. The highest BCUT2D eigenvalue weighted by atomic mass is 19.1. The second-order valence-electron chi connectivity index (χ2n) is 4.52. The minimum absolute atomic E-state index is 0.166. The largest absolute Gasteiger partial charge is 0.382 e. The van der Waals surface area contributed by atoms with E-state index in [1.807, 2.05) is 0 Å². The van der Waals surface area contributed by atoms with Gasteiger partial charge in [-0.15, -0.1) is 0 Å². The minimum atomic E-state index is -0.431. The Morgan fingerprint density at radius 3 is 2.76 bits per heavy atom. The lowest BCUT2D eigenvalue weighted by Gasteiger charge is -2.07. The number of unbranched alkanes of at least 4 members (excludes halogenated alkanes) is 1. The van der Waals surface area contributed by atoms with E-state index in [9.17, 15) is 9.18 Å². The standard InChI is InChI=1S/C15H23FN2O3/c1-20-10-11-21-9-5-4-8-17-12-15(19)18-14-7-3-2-6-13(14)16/h2-3,6-7,17H,4-5,8-12H2,1H3,(H,18,19). The molecule has 0 fully saturated rings. The van der Waals surface area contributed by atoms with Crippen molar-refractivity contribution in [3.8, 4) is 0 Å². The van der Waals surface area contributed by atoms with Crippen LogP contribution in [0.25, 0.3) is 0 Å². The molecule has 0 bridgehead atoms. The molecule has 1 aromatic carbocycles. The van der Waals surface area contributed by atoms with Gasteiger partial charge in [0.1, 0.15) is 5.82 Å². The van der Waals surface area contributed by atoms with E-state index in [4.69, 9.17) is 9.47 Å². The molecule has 1 aromatic rings. The number of rotatable bonds is 11. The maximum Gasteiger partial charge on any atom is 0.238 e. The first kappa shape index (κ1) is 17.6. The molecule has 5 nitrogen and oxygen atoms in total. The minimum Gasteiger partial charge on any atom is -0.382 e. The van der Waals surface area contributed by atoms with Gasteiger partial charge in [-0.2, -0.15) is 0 Å². The smallest absolute Gasteiger partial charge is 0.238 e. The van der Waals surface area contributed by atoms with Gasteiger partial charge in [-0.1, -0.05) is 12.1 Å². The zero-order valence-corrected chi connectivity index (χ0v) is 12.4. The molecule has 21 heavy (non-hydrogen) atoms. The maximum atomic E-state index is 13.3. The van der Waals surface area contributed by atoms with Gasteiger partial charge in [-0.25, -0.2) is 4.39 Å². The third kappa shape index (κ3) is 8.39. The van der Waals surface area contributed by atoms with Gasteiger partial charge in [0.15, 0.2) is 0 Å². The third-order valence-electron chi connectivity index (χ3n) is 2.76. The fourth-order valence-corrected chi connectivity index (χ4v) is 1.66. The average Bonchev–Trinajstić information content (AvgIpc) is 2.48. The van der Waals surface area contributed by atoms with E-state index < -0.39 is 5.82 Å². The lowest BCUT2D eigenvalue weighted by atomic mass is 10.3. The van der Waals surface area contributed by atoms with Crippen LogP contribution in [0, 0.1) is 5.82 Å². The van der Waals surface area contributed by atoms with Crippen molar-refractivity contribution in [1.82, 2.24) is 5.32 Å². The molecule has 118 valence electrons. The van der Waals surface area contributed by atoms with Crippen molar-refractivity contribution in [2.45, 2.75) is 12.8 Å². The molecule has 0 atom stereocenters. The van der Waals surface area contributed by atoms with Crippen LogP contribution in [-0.4, -0.2) is 45.9 Å². The summed E-state index contributed by atoms with van der Waals surface area (Å²) in [6.45, 7) is 2.78. The second kappa shape index (κ2) is 11.2. The topological polar surface area (TPSA) is 59.6 Å². The summed E-state index contributed by atoms with van der Waals surface area (Å²) in [5.74, 6) is -0.685. The van der Waals surface area contributed by atoms with E-state index in [1.54, 1.807) is 19.2 Å². The summed E-state index contributed by atoms with van der Waals surface area (Å²) in [6, 6.07) is 6.10. The number of carbonyl (C=O) groups excluding carboxylic acids is 1. The summed E-state index contributed by atoms with van der Waals surface area (Å²) < 4.78 is 23.5. The fourth-order valence-electron chi connectivity index (χ4n) is 1.66. The van der Waals surface area contributed by atoms with E-state index in [1.165, 1.54) is 12.1 Å². The normalized spacial score (nSPS) is 10.6. The van der Waals surface area contributed by atoms with Crippen LogP contribution in [0.2, 0.25) is 0 Å². The average molecular weight is 298 g/mol. The molecule has 1 amide bonds. The number of ether oxygens (including phenoxy) is 2. The quantitative estimate of drug-likeness (QED) is 0.612. The number of hydrogen-bond acceptors (Lipinski definition) is 4. The number of amides is 1. The Bertz CT molecular complexity index is 416. The van der Waals surface area contributed by atoms with Gasteiger partial charge in [0.25, 0.3) is 0 Å². The van der Waals surface area contributed by atoms with Crippen molar-refractivity contribution in [3.63, 3.8) is 0 Å². The maximum absolute atomic E-state index is 13.3. The van der Waals surface area contributed by atoms with Crippen LogP contribution in [0.5, 0.6) is 0 Å². The summed E-state index contributed by atoms with van der Waals surface area (Å²) in [7, 11) is 1.64. The molecule has 0 aliphatic carbocycles. The molecule has 0 aromatic heterocycles. The molecule has 0 saturated carbocycles. The first-order chi connectivity index (χ1) is 10.2. The predicted molar refractivity (Wildman–Crippen MR) is 79.8 cm³/mol. The van der Waals surface area contributed by atoms with E-state index in [2.05, 4.69) is 10.6 Å². The number of hydrogen-bond donors (Lipinski definition) is 2. The van der Waals surface area contributed by atoms with Crippen molar-refractivity contribution < 1.29 is 18.7 Å². The van der Waals surface area contributed by atoms with Crippen molar-refractivity contribution in [2.24, 2.45) is 0 Å². The molecule has 0 aliphatic heterocycles. The SMILES string of the molecule is COCCOCCCCNCC(=O)Nc1ccccc1F. The molecule has 0 spiro atoms. The van der Waals surface area contributed by atoms with Crippen LogP contribution in [0.3, 0.4) is 0 Å². The summed E-state index contributed by atoms with van der Waals surface area (Å²) in [4.78, 5) is 11.6. The molecule has 6 heteroatoms. The molecule has 0 heterocycles. The van der Waals surface area contributed by atoms with E-state index in [0.717, 1.165) is 19.4 Å². The van der Waals surface area contributed by atoms with Gasteiger partial charge in [-0.3, -0.25) is 4.79 Å². The third-order valence-corrected chi connectivity index (χ3v) is 2.76. The molecule has 0 aliphatic rings. The summed E-state index contributed by atoms with van der Waals surface area (Å²) in [6.07, 6.45) is 1.84. The van der Waals surface area contributed by atoms with Crippen LogP contribution >= 0.6 is 0 Å². The summed E-state index contributed by atoms with van der Waals surface area (Å²) in [5.41, 5.74) is 0.204. The highest BCUT2D eigenvalue weighted by molar-refractivity contribution is 5.92. The Labute approximate surface area is 124 Å². The van der Waals surface area contributed by atoms with Crippen molar-refractivity contribution in [1.29, 1.82) is 0 Å². The van der Waals surface area contributed by atoms with Crippen molar-refractivity contribution >= 4 is 11.6 Å². The lowest BCUT2D eigenvalue weighted by Crippen LogP contribution is -2.29. The Balaban J connectivity index is 2.00. The number of para-hydroxylation sites is 1. The first-order valence-corrected chi connectivity index (χ1v) is 7.06. The van der Waals surface area contributed by atoms with Gasteiger partial charge in [0.2, 0.25) is 5.91 Å². The van der Waals surface area contributed by atoms with Crippen LogP contribution < -0.4 is 10.6 Å². The van der Waals surface area contributed by atoms with Crippen molar-refractivity contribution in [2.75, 3.05) is 45.3 Å². The number of halogens is 1. The Morgan fingerprint density at radius 1 is 1.19 bits per heavy atom. The second-order valence-corrected chi connectivity index (χ2v) is 4.52. The van der Waals surface area contributed by atoms with E-state index in [0.29, 0.717) is 19.8 Å². The van der Waals surface area contributed by atoms with Gasteiger partial charge >= 0.3 is 0 Å². The fraction of sp³-hybridized carbons (Fsp3) is 0.533. The molecule has 0 radical (unpaired) electrons. The Hall–Kier alpha value is -1.50. The first-order valence-electron chi connectivity index (χ1n) is 7.06. The molecule has 1 rings (SSSR count). The summed E-state index contributed by atoms with van der Waals surface area (Å²) in [5, 5.41) is 5.53. The Kier molecular flexibility index (Phi) is 9.35. The summed E-state index contributed by atoms with van der Waals surface area (Å²) >= 11 is 0. The van der Waals surface area contributed by atoms with Gasteiger partial charge < -0.3 is 20.1 Å². The molecule has 2 N–H and O–H groups in total. The van der Waals surface area contributed by atoms with E-state index in [-0.39, 0.29) is 18.1 Å². The van der Waals surface area contributed by atoms with Crippen LogP contribution in [0.15, 0.2) is 24.3 Å². The van der Waals surface area contributed by atoms with Gasteiger partial charge in [0, 0.05) is 13.7 Å². The number of nitrogens with one attached hydrogen (secondary N) is 2. The molecule has 0 saturated heterocycles. The van der Waals surface area contributed by atoms with Crippen molar-refractivity contribution in [3.05, 3.63) is 30.1 Å². The number of benzene rings is 1. The molecular weight excluding hydrogens is 275 g/mol. The van der Waals surface area contributed by atoms with Gasteiger partial charge in [0.05, 0.1) is 25.4 Å².